The quantitative estimate of drug-likeness (QED) is 0.697. The average molecular weight is 366 g/mol. The van der Waals surface area contributed by atoms with Crippen LogP contribution in [0.1, 0.15) is 42.4 Å². The van der Waals surface area contributed by atoms with Crippen molar-refractivity contribution in [2.24, 2.45) is 29.6 Å². The van der Waals surface area contributed by atoms with E-state index in [1.165, 1.54) is 5.56 Å². The predicted octanol–water partition coefficient (Wildman–Crippen LogP) is 5.41. The first kappa shape index (κ1) is 16.7. The Morgan fingerprint density at radius 2 is 1.50 bits per heavy atom. The lowest BCUT2D eigenvalue weighted by Gasteiger charge is -2.13. The summed E-state index contributed by atoms with van der Waals surface area (Å²) in [5.74, 6) is 2.35. The summed E-state index contributed by atoms with van der Waals surface area (Å²) in [7, 11) is 0. The first-order chi connectivity index (χ1) is 11.3. The van der Waals surface area contributed by atoms with Gasteiger partial charge in [-0.05, 0) is 81.3 Å². The van der Waals surface area contributed by atoms with E-state index in [0.717, 1.165) is 42.5 Å². The van der Waals surface area contributed by atoms with E-state index < -0.39 is 4.33 Å². The minimum Gasteiger partial charge on any atom is -0.325 e. The van der Waals surface area contributed by atoms with Crippen molar-refractivity contribution < 1.29 is 4.79 Å². The van der Waals surface area contributed by atoms with Gasteiger partial charge in [-0.15, -0.1) is 23.2 Å². The minimum absolute atomic E-state index is 0.183. The maximum atomic E-state index is 12.8. The molecule has 4 atom stereocenters. The zero-order chi connectivity index (χ0) is 17.2. The summed E-state index contributed by atoms with van der Waals surface area (Å²) in [4.78, 5) is 12.8. The van der Waals surface area contributed by atoms with Gasteiger partial charge >= 0.3 is 0 Å². The number of nitrogens with one attached hydrogen (secondary N) is 1. The number of amides is 1. The molecule has 3 fully saturated rings. The van der Waals surface area contributed by atoms with Crippen LogP contribution in [-0.4, -0.2) is 10.2 Å². The Bertz CT molecular complexity index is 654. The Balaban J connectivity index is 1.43. The fraction of sp³-hybridized carbons (Fsp3) is 0.650. The topological polar surface area (TPSA) is 29.1 Å². The van der Waals surface area contributed by atoms with E-state index in [0.29, 0.717) is 23.7 Å². The maximum absolute atomic E-state index is 12.8. The molecule has 1 N–H and O–H groups in total. The molecule has 1 amide bonds. The number of carbonyl (C=O) groups is 1. The van der Waals surface area contributed by atoms with Gasteiger partial charge in [0.1, 0.15) is 4.33 Å². The predicted molar refractivity (Wildman–Crippen MR) is 99.6 cm³/mol. The SMILES string of the molecule is Cc1cc(C)c(NC(=O)C2[C@H]3CC[C@@H]4[C@@H](CC[C@H]23)C4(Cl)Cl)c(C)c1. The summed E-state index contributed by atoms with van der Waals surface area (Å²) < 4.78 is -0.481. The first-order valence-electron chi connectivity index (χ1n) is 9.07. The molecule has 0 unspecified atom stereocenters. The van der Waals surface area contributed by atoms with Crippen molar-refractivity contribution in [3.63, 3.8) is 0 Å². The van der Waals surface area contributed by atoms with Gasteiger partial charge in [-0.1, -0.05) is 17.7 Å². The summed E-state index contributed by atoms with van der Waals surface area (Å²) in [6.07, 6.45) is 4.34. The second kappa shape index (κ2) is 5.64. The molecule has 3 aliphatic carbocycles. The van der Waals surface area contributed by atoms with Gasteiger partial charge in [0.15, 0.2) is 0 Å². The zero-order valence-electron chi connectivity index (χ0n) is 14.5. The van der Waals surface area contributed by atoms with Crippen molar-refractivity contribution in [3.05, 3.63) is 28.8 Å². The van der Waals surface area contributed by atoms with E-state index in [9.17, 15) is 4.79 Å². The van der Waals surface area contributed by atoms with Crippen LogP contribution in [0.15, 0.2) is 12.1 Å². The van der Waals surface area contributed by atoms with Crippen LogP contribution in [0.3, 0.4) is 0 Å². The Kier molecular flexibility index (Phi) is 3.93. The van der Waals surface area contributed by atoms with Gasteiger partial charge in [-0.2, -0.15) is 0 Å². The number of hydrogen-bond donors (Lipinski definition) is 1. The number of halogens is 2. The molecule has 24 heavy (non-hydrogen) atoms. The summed E-state index contributed by atoms with van der Waals surface area (Å²) in [6, 6.07) is 4.26. The molecule has 4 rings (SSSR count). The van der Waals surface area contributed by atoms with E-state index in [1.54, 1.807) is 0 Å². The molecule has 0 radical (unpaired) electrons. The van der Waals surface area contributed by atoms with Crippen molar-refractivity contribution >= 4 is 34.8 Å². The maximum Gasteiger partial charge on any atom is 0.228 e. The van der Waals surface area contributed by atoms with Crippen LogP contribution in [-0.2, 0) is 4.79 Å². The molecule has 0 bridgehead atoms. The number of carbonyl (C=O) groups excluding carboxylic acids is 1. The lowest BCUT2D eigenvalue weighted by molar-refractivity contribution is -0.117. The fourth-order valence-corrected chi connectivity index (χ4v) is 6.12. The molecule has 0 saturated heterocycles. The average Bonchev–Trinajstić information content (AvgIpc) is 3.27. The summed E-state index contributed by atoms with van der Waals surface area (Å²) in [6.45, 7) is 6.23. The van der Waals surface area contributed by atoms with Gasteiger partial charge in [0, 0.05) is 11.6 Å². The zero-order valence-corrected chi connectivity index (χ0v) is 16.0. The van der Waals surface area contributed by atoms with Crippen LogP contribution in [0.5, 0.6) is 0 Å². The number of benzene rings is 1. The van der Waals surface area contributed by atoms with E-state index in [-0.39, 0.29) is 11.8 Å². The van der Waals surface area contributed by atoms with Crippen molar-refractivity contribution in [3.8, 4) is 0 Å². The third kappa shape index (κ3) is 2.66. The van der Waals surface area contributed by atoms with Gasteiger partial charge in [-0.3, -0.25) is 4.79 Å². The molecule has 0 aliphatic heterocycles. The summed E-state index contributed by atoms with van der Waals surface area (Å²) >= 11 is 12.7. The highest BCUT2D eigenvalue weighted by Crippen LogP contribution is 2.67. The van der Waals surface area contributed by atoms with Crippen molar-refractivity contribution in [2.75, 3.05) is 5.32 Å². The van der Waals surface area contributed by atoms with Gasteiger partial charge in [0.25, 0.3) is 0 Å². The lowest BCUT2D eigenvalue weighted by Crippen LogP contribution is -2.17. The molecule has 0 heterocycles. The van der Waals surface area contributed by atoms with Crippen molar-refractivity contribution in [2.45, 2.75) is 50.8 Å². The van der Waals surface area contributed by atoms with Crippen LogP contribution >= 0.6 is 23.2 Å². The first-order valence-corrected chi connectivity index (χ1v) is 9.83. The number of fused-ring (bicyclic) bond motifs is 2. The fourth-order valence-electron chi connectivity index (χ4n) is 5.20. The molecular formula is C20H25Cl2NO. The third-order valence-electron chi connectivity index (χ3n) is 6.55. The van der Waals surface area contributed by atoms with Crippen LogP contribution < -0.4 is 5.32 Å². The number of alkyl halides is 2. The molecule has 1 aromatic carbocycles. The van der Waals surface area contributed by atoms with E-state index >= 15 is 0 Å². The Morgan fingerprint density at radius 1 is 1.00 bits per heavy atom. The molecule has 0 spiro atoms. The van der Waals surface area contributed by atoms with Crippen LogP contribution in [0.25, 0.3) is 0 Å². The van der Waals surface area contributed by atoms with E-state index in [4.69, 9.17) is 23.2 Å². The van der Waals surface area contributed by atoms with Crippen LogP contribution in [0, 0.1) is 50.4 Å². The highest BCUT2D eigenvalue weighted by molar-refractivity contribution is 6.51. The van der Waals surface area contributed by atoms with Gasteiger partial charge < -0.3 is 5.32 Å². The molecule has 1 aromatic rings. The van der Waals surface area contributed by atoms with Crippen LogP contribution in [0.4, 0.5) is 5.69 Å². The number of aryl methyl sites for hydroxylation is 3. The lowest BCUT2D eigenvalue weighted by atomic mass is 10.0. The highest BCUT2D eigenvalue weighted by atomic mass is 35.5. The molecule has 0 aromatic heterocycles. The molecule has 4 heteroatoms. The van der Waals surface area contributed by atoms with E-state index in [2.05, 4.69) is 38.2 Å². The summed E-state index contributed by atoms with van der Waals surface area (Å²) in [5, 5.41) is 3.21. The molecule has 130 valence electrons. The monoisotopic (exact) mass is 365 g/mol. The largest absolute Gasteiger partial charge is 0.325 e. The second-order valence-corrected chi connectivity index (χ2v) is 9.60. The number of anilines is 1. The normalized spacial score (nSPS) is 36.0. The number of hydrogen-bond acceptors (Lipinski definition) is 1. The molecule has 2 nitrogen and oxygen atoms in total. The smallest absolute Gasteiger partial charge is 0.228 e. The molecule has 3 aliphatic rings. The Labute approximate surface area is 154 Å². The third-order valence-corrected chi connectivity index (χ3v) is 7.67. The van der Waals surface area contributed by atoms with E-state index in [1.807, 2.05) is 0 Å². The van der Waals surface area contributed by atoms with Gasteiger partial charge in [-0.25, -0.2) is 0 Å². The Morgan fingerprint density at radius 3 is 2.00 bits per heavy atom. The number of rotatable bonds is 2. The highest BCUT2D eigenvalue weighted by Gasteiger charge is 2.65. The molecule has 3 saturated carbocycles. The summed E-state index contributed by atoms with van der Waals surface area (Å²) in [5.41, 5.74) is 4.53. The molecular weight excluding hydrogens is 341 g/mol. The van der Waals surface area contributed by atoms with Crippen LogP contribution in [0.2, 0.25) is 0 Å². The standard InChI is InChI=1S/C20H25Cl2NO/c1-10-8-11(2)18(12(3)9-10)23-19(24)17-13-4-6-15-16(20(15,21)22)7-5-14(13)17/h8-9,13-17H,4-7H2,1-3H3,(H,23,24)/t13-,14-,15+,16+/m0/s1. The van der Waals surface area contributed by atoms with Crippen molar-refractivity contribution in [1.29, 1.82) is 0 Å². The second-order valence-electron chi connectivity index (χ2n) is 8.16. The van der Waals surface area contributed by atoms with Crippen molar-refractivity contribution in [1.82, 2.24) is 0 Å². The Hall–Kier alpha value is -0.730. The van der Waals surface area contributed by atoms with Gasteiger partial charge in [0.2, 0.25) is 5.91 Å². The van der Waals surface area contributed by atoms with Gasteiger partial charge in [0.05, 0.1) is 0 Å². The minimum atomic E-state index is -0.481.